The fourth-order valence-electron chi connectivity index (χ4n) is 1.50. The van der Waals surface area contributed by atoms with Gasteiger partial charge in [0.2, 0.25) is 5.88 Å². The molecule has 90 valence electrons. The number of aryl methyl sites for hydroxylation is 1. The van der Waals surface area contributed by atoms with Crippen molar-refractivity contribution >= 4 is 17.2 Å². The first-order valence-electron chi connectivity index (χ1n) is 5.66. The number of nitrogens with zero attached hydrogens (tertiary/aromatic N) is 1. The van der Waals surface area contributed by atoms with Gasteiger partial charge in [-0.1, -0.05) is 6.07 Å². The molecule has 2 aromatic rings. The van der Waals surface area contributed by atoms with Gasteiger partial charge in [0.1, 0.15) is 5.82 Å². The molecule has 0 aliphatic carbocycles. The Bertz CT molecular complexity index is 482. The number of thiophene rings is 1. The summed E-state index contributed by atoms with van der Waals surface area (Å²) in [5.41, 5.74) is 1.32. The average molecular weight is 248 g/mol. The van der Waals surface area contributed by atoms with Gasteiger partial charge in [-0.15, -0.1) is 11.3 Å². The highest BCUT2D eigenvalue weighted by Gasteiger charge is 2.01. The van der Waals surface area contributed by atoms with Gasteiger partial charge in [0.05, 0.1) is 13.2 Å². The van der Waals surface area contributed by atoms with Crippen molar-refractivity contribution in [2.75, 3.05) is 11.9 Å². The Morgan fingerprint density at radius 3 is 2.94 bits per heavy atom. The van der Waals surface area contributed by atoms with E-state index in [-0.39, 0.29) is 0 Å². The van der Waals surface area contributed by atoms with Crippen LogP contribution in [0.1, 0.15) is 17.4 Å². The molecule has 0 saturated carbocycles. The predicted octanol–water partition coefficient (Wildman–Crippen LogP) is 3.46. The zero-order valence-electron chi connectivity index (χ0n) is 10.1. The third kappa shape index (κ3) is 3.20. The van der Waals surface area contributed by atoms with E-state index in [2.05, 4.69) is 28.7 Å². The second-order valence-electron chi connectivity index (χ2n) is 3.67. The van der Waals surface area contributed by atoms with Crippen LogP contribution in [0.4, 0.5) is 5.82 Å². The Kier molecular flexibility index (Phi) is 3.98. The standard InChI is InChI=1S/C13H16N2OS/c1-3-16-13-6-4-5-12(15-13)14-9-11-10(2)7-8-17-11/h4-8H,3,9H2,1-2H3,(H,14,15). The number of hydrogen-bond acceptors (Lipinski definition) is 4. The molecule has 4 heteroatoms. The van der Waals surface area contributed by atoms with Crippen molar-refractivity contribution in [3.8, 4) is 5.88 Å². The van der Waals surface area contributed by atoms with Gasteiger partial charge in [-0.2, -0.15) is 4.98 Å². The third-order valence-electron chi connectivity index (χ3n) is 2.41. The SMILES string of the molecule is CCOc1cccc(NCc2sccc2C)n1. The van der Waals surface area contributed by atoms with Crippen LogP contribution in [0.3, 0.4) is 0 Å². The van der Waals surface area contributed by atoms with Crippen LogP contribution in [0.15, 0.2) is 29.6 Å². The predicted molar refractivity (Wildman–Crippen MR) is 71.8 cm³/mol. The number of pyridine rings is 1. The number of nitrogens with one attached hydrogen (secondary N) is 1. The van der Waals surface area contributed by atoms with Gasteiger partial charge in [0.15, 0.2) is 0 Å². The molecule has 0 spiro atoms. The molecule has 2 heterocycles. The molecular weight excluding hydrogens is 232 g/mol. The molecule has 0 bridgehead atoms. The van der Waals surface area contributed by atoms with Gasteiger partial charge in [-0.05, 0) is 36.9 Å². The van der Waals surface area contributed by atoms with Crippen molar-refractivity contribution in [2.24, 2.45) is 0 Å². The van der Waals surface area contributed by atoms with Gasteiger partial charge >= 0.3 is 0 Å². The Labute approximate surface area is 105 Å². The fourth-order valence-corrected chi connectivity index (χ4v) is 2.34. The van der Waals surface area contributed by atoms with Crippen molar-refractivity contribution in [2.45, 2.75) is 20.4 Å². The molecule has 0 aromatic carbocycles. The van der Waals surface area contributed by atoms with Crippen LogP contribution in [0.2, 0.25) is 0 Å². The summed E-state index contributed by atoms with van der Waals surface area (Å²) >= 11 is 1.76. The van der Waals surface area contributed by atoms with Gasteiger partial charge < -0.3 is 10.1 Å². The minimum atomic E-state index is 0.639. The topological polar surface area (TPSA) is 34.1 Å². The maximum Gasteiger partial charge on any atom is 0.215 e. The highest BCUT2D eigenvalue weighted by atomic mass is 32.1. The zero-order chi connectivity index (χ0) is 12.1. The van der Waals surface area contributed by atoms with Crippen LogP contribution in [-0.2, 0) is 6.54 Å². The van der Waals surface area contributed by atoms with E-state index in [1.54, 1.807) is 11.3 Å². The van der Waals surface area contributed by atoms with E-state index in [4.69, 9.17) is 4.74 Å². The molecule has 3 nitrogen and oxygen atoms in total. The summed E-state index contributed by atoms with van der Waals surface area (Å²) < 4.78 is 5.36. The Morgan fingerprint density at radius 1 is 1.35 bits per heavy atom. The van der Waals surface area contributed by atoms with E-state index < -0.39 is 0 Å². The lowest BCUT2D eigenvalue weighted by Gasteiger charge is -2.07. The number of rotatable bonds is 5. The van der Waals surface area contributed by atoms with Crippen molar-refractivity contribution in [3.05, 3.63) is 40.1 Å². The first-order chi connectivity index (χ1) is 8.29. The Balaban J connectivity index is 1.99. The normalized spacial score (nSPS) is 10.2. The molecule has 2 aromatic heterocycles. The minimum absolute atomic E-state index is 0.639. The second-order valence-corrected chi connectivity index (χ2v) is 4.68. The summed E-state index contributed by atoms with van der Waals surface area (Å²) in [6, 6.07) is 7.89. The molecule has 0 fully saturated rings. The van der Waals surface area contributed by atoms with E-state index in [0.717, 1.165) is 12.4 Å². The zero-order valence-corrected chi connectivity index (χ0v) is 10.9. The number of anilines is 1. The maximum absolute atomic E-state index is 5.36. The van der Waals surface area contributed by atoms with Crippen molar-refractivity contribution in [1.29, 1.82) is 0 Å². The quantitative estimate of drug-likeness (QED) is 0.879. The van der Waals surface area contributed by atoms with Gasteiger partial charge in [0.25, 0.3) is 0 Å². The van der Waals surface area contributed by atoms with Crippen LogP contribution < -0.4 is 10.1 Å². The molecule has 17 heavy (non-hydrogen) atoms. The number of aromatic nitrogens is 1. The summed E-state index contributed by atoms with van der Waals surface area (Å²) in [5, 5.41) is 5.41. The van der Waals surface area contributed by atoms with Gasteiger partial charge in [-0.3, -0.25) is 0 Å². The van der Waals surface area contributed by atoms with Gasteiger partial charge in [0, 0.05) is 10.9 Å². The van der Waals surface area contributed by atoms with Crippen molar-refractivity contribution < 1.29 is 4.74 Å². The molecular formula is C13H16N2OS. The molecule has 0 saturated heterocycles. The lowest BCUT2D eigenvalue weighted by atomic mass is 10.3. The molecule has 0 radical (unpaired) electrons. The van der Waals surface area contributed by atoms with Crippen LogP contribution in [-0.4, -0.2) is 11.6 Å². The highest BCUT2D eigenvalue weighted by Crippen LogP contribution is 2.18. The third-order valence-corrected chi connectivity index (χ3v) is 3.44. The average Bonchev–Trinajstić information content (AvgIpc) is 2.73. The van der Waals surface area contributed by atoms with Crippen molar-refractivity contribution in [1.82, 2.24) is 4.98 Å². The van der Waals surface area contributed by atoms with Crippen LogP contribution in [0, 0.1) is 6.92 Å². The molecule has 0 aliphatic rings. The van der Waals surface area contributed by atoms with Crippen LogP contribution in [0.5, 0.6) is 5.88 Å². The van der Waals surface area contributed by atoms with Crippen LogP contribution in [0.25, 0.3) is 0 Å². The monoisotopic (exact) mass is 248 g/mol. The van der Waals surface area contributed by atoms with E-state index >= 15 is 0 Å². The summed E-state index contributed by atoms with van der Waals surface area (Å²) in [6.45, 7) is 5.53. The Hall–Kier alpha value is -1.55. The molecule has 0 amide bonds. The van der Waals surface area contributed by atoms with E-state index in [0.29, 0.717) is 12.5 Å². The number of hydrogen-bond donors (Lipinski definition) is 1. The highest BCUT2D eigenvalue weighted by molar-refractivity contribution is 7.10. The lowest BCUT2D eigenvalue weighted by molar-refractivity contribution is 0.327. The summed E-state index contributed by atoms with van der Waals surface area (Å²) in [5.74, 6) is 1.52. The van der Waals surface area contributed by atoms with Gasteiger partial charge in [-0.25, -0.2) is 0 Å². The summed E-state index contributed by atoms with van der Waals surface area (Å²) in [7, 11) is 0. The smallest absolute Gasteiger partial charge is 0.215 e. The summed E-state index contributed by atoms with van der Waals surface area (Å²) in [6.07, 6.45) is 0. The first kappa shape index (κ1) is 11.9. The first-order valence-corrected chi connectivity index (χ1v) is 6.54. The molecule has 1 N–H and O–H groups in total. The molecule has 0 unspecified atom stereocenters. The molecule has 0 atom stereocenters. The largest absolute Gasteiger partial charge is 0.478 e. The molecule has 2 rings (SSSR count). The van der Waals surface area contributed by atoms with E-state index in [1.807, 2.05) is 25.1 Å². The van der Waals surface area contributed by atoms with Crippen LogP contribution >= 0.6 is 11.3 Å². The van der Waals surface area contributed by atoms with E-state index in [9.17, 15) is 0 Å². The molecule has 0 aliphatic heterocycles. The maximum atomic E-state index is 5.36. The lowest BCUT2D eigenvalue weighted by Crippen LogP contribution is -2.02. The fraction of sp³-hybridized carbons (Fsp3) is 0.308. The van der Waals surface area contributed by atoms with E-state index in [1.165, 1.54) is 10.4 Å². The second kappa shape index (κ2) is 5.68. The number of ether oxygens (including phenoxy) is 1. The minimum Gasteiger partial charge on any atom is -0.478 e. The summed E-state index contributed by atoms with van der Waals surface area (Å²) in [4.78, 5) is 5.70. The Morgan fingerprint density at radius 2 is 2.24 bits per heavy atom. The van der Waals surface area contributed by atoms with Crippen molar-refractivity contribution in [3.63, 3.8) is 0 Å².